The molecule has 0 saturated carbocycles. The SMILES string of the molecule is C=CC(/C=C\C(=C)N)=C/C. The maximum Gasteiger partial charge on any atom is 0.0241 e. The fraction of sp³-hybridized carbons (Fsp3) is 0.111. The molecule has 10 heavy (non-hydrogen) atoms. The lowest BCUT2D eigenvalue weighted by Gasteiger charge is -1.89. The average Bonchev–Trinajstić information content (AvgIpc) is 1.90. The summed E-state index contributed by atoms with van der Waals surface area (Å²) in [6.07, 6.45) is 7.33. The van der Waals surface area contributed by atoms with Gasteiger partial charge in [-0.1, -0.05) is 31.4 Å². The van der Waals surface area contributed by atoms with Gasteiger partial charge in [0.2, 0.25) is 0 Å². The van der Waals surface area contributed by atoms with Crippen molar-refractivity contribution in [1.29, 1.82) is 0 Å². The summed E-state index contributed by atoms with van der Waals surface area (Å²) in [6.45, 7) is 9.09. The molecule has 0 aromatic carbocycles. The quantitative estimate of drug-likeness (QED) is 0.589. The van der Waals surface area contributed by atoms with Gasteiger partial charge in [-0.15, -0.1) is 0 Å². The Morgan fingerprint density at radius 3 is 2.30 bits per heavy atom. The van der Waals surface area contributed by atoms with Gasteiger partial charge in [0.1, 0.15) is 0 Å². The Hall–Kier alpha value is -1.24. The Bertz CT molecular complexity index is 185. The molecule has 0 atom stereocenters. The van der Waals surface area contributed by atoms with Crippen molar-refractivity contribution in [1.82, 2.24) is 0 Å². The fourth-order valence-electron chi connectivity index (χ4n) is 0.485. The number of nitrogens with two attached hydrogens (primary N) is 1. The van der Waals surface area contributed by atoms with E-state index >= 15 is 0 Å². The molecule has 54 valence electrons. The first kappa shape index (κ1) is 8.76. The zero-order chi connectivity index (χ0) is 7.98. The van der Waals surface area contributed by atoms with Crippen molar-refractivity contribution in [3.05, 3.63) is 48.7 Å². The van der Waals surface area contributed by atoms with Crippen LogP contribution in [0.2, 0.25) is 0 Å². The van der Waals surface area contributed by atoms with Crippen LogP contribution in [0.25, 0.3) is 0 Å². The van der Waals surface area contributed by atoms with Crippen molar-refractivity contribution in [3.63, 3.8) is 0 Å². The van der Waals surface area contributed by atoms with E-state index in [4.69, 9.17) is 5.73 Å². The predicted molar refractivity (Wildman–Crippen MR) is 46.4 cm³/mol. The van der Waals surface area contributed by atoms with Crippen LogP contribution in [0.4, 0.5) is 0 Å². The van der Waals surface area contributed by atoms with Gasteiger partial charge in [0, 0.05) is 5.70 Å². The van der Waals surface area contributed by atoms with Gasteiger partial charge in [0.15, 0.2) is 0 Å². The van der Waals surface area contributed by atoms with E-state index in [0.29, 0.717) is 5.70 Å². The van der Waals surface area contributed by atoms with Crippen molar-refractivity contribution >= 4 is 0 Å². The first-order valence-corrected chi connectivity index (χ1v) is 3.12. The van der Waals surface area contributed by atoms with Gasteiger partial charge >= 0.3 is 0 Å². The first-order valence-electron chi connectivity index (χ1n) is 3.12. The number of allylic oxidation sites excluding steroid dienone is 5. The monoisotopic (exact) mass is 135 g/mol. The van der Waals surface area contributed by atoms with Crippen LogP contribution in [0.3, 0.4) is 0 Å². The molecule has 0 rings (SSSR count). The summed E-state index contributed by atoms with van der Waals surface area (Å²) in [5.41, 5.74) is 6.91. The maximum absolute atomic E-state index is 5.31. The molecule has 1 heteroatoms. The van der Waals surface area contributed by atoms with E-state index in [2.05, 4.69) is 13.2 Å². The van der Waals surface area contributed by atoms with Gasteiger partial charge in [0.05, 0.1) is 0 Å². The van der Waals surface area contributed by atoms with E-state index < -0.39 is 0 Å². The standard InChI is InChI=1S/C9H13N/c1-4-9(5-2)7-6-8(3)10/h4-7H,1,3,10H2,2H3/b7-6-,9-5-. The molecule has 0 heterocycles. The molecule has 0 unspecified atom stereocenters. The molecule has 1 nitrogen and oxygen atoms in total. The van der Waals surface area contributed by atoms with E-state index in [-0.39, 0.29) is 0 Å². The highest BCUT2D eigenvalue weighted by molar-refractivity contribution is 5.31. The highest BCUT2D eigenvalue weighted by Gasteiger charge is 1.79. The molecule has 2 N–H and O–H groups in total. The van der Waals surface area contributed by atoms with Gasteiger partial charge < -0.3 is 5.73 Å². The third kappa shape index (κ3) is 3.72. The van der Waals surface area contributed by atoms with E-state index in [0.717, 1.165) is 5.57 Å². The normalized spacial score (nSPS) is 11.9. The van der Waals surface area contributed by atoms with Crippen molar-refractivity contribution in [2.75, 3.05) is 0 Å². The molecule has 0 saturated heterocycles. The molecule has 0 aliphatic carbocycles. The number of hydrogen-bond acceptors (Lipinski definition) is 1. The third-order valence-corrected chi connectivity index (χ3v) is 1.06. The minimum absolute atomic E-state index is 0.557. The summed E-state index contributed by atoms with van der Waals surface area (Å²) in [5, 5.41) is 0. The molecule has 0 bridgehead atoms. The molecular formula is C9H13N. The van der Waals surface area contributed by atoms with Crippen LogP contribution < -0.4 is 5.73 Å². The molecule has 0 aliphatic rings. The Morgan fingerprint density at radius 2 is 2.00 bits per heavy atom. The molecule has 0 radical (unpaired) electrons. The van der Waals surface area contributed by atoms with E-state index in [1.165, 1.54) is 0 Å². The second-order valence-electron chi connectivity index (χ2n) is 1.90. The van der Waals surface area contributed by atoms with E-state index in [1.807, 2.05) is 19.1 Å². The molecule has 0 aromatic rings. The Balaban J connectivity index is 4.11. The van der Waals surface area contributed by atoms with Crippen molar-refractivity contribution < 1.29 is 0 Å². The Kier molecular flexibility index (Phi) is 4.05. The van der Waals surface area contributed by atoms with Crippen LogP contribution >= 0.6 is 0 Å². The molecule has 0 aromatic heterocycles. The maximum atomic E-state index is 5.31. The largest absolute Gasteiger partial charge is 0.399 e. The summed E-state index contributed by atoms with van der Waals surface area (Å²) in [6, 6.07) is 0. The van der Waals surface area contributed by atoms with Crippen LogP contribution in [-0.4, -0.2) is 0 Å². The molecular weight excluding hydrogens is 122 g/mol. The lowest BCUT2D eigenvalue weighted by atomic mass is 10.2. The summed E-state index contributed by atoms with van der Waals surface area (Å²) in [4.78, 5) is 0. The lowest BCUT2D eigenvalue weighted by Crippen LogP contribution is -1.88. The second kappa shape index (κ2) is 4.62. The number of rotatable bonds is 3. The van der Waals surface area contributed by atoms with Gasteiger partial charge in [-0.25, -0.2) is 0 Å². The van der Waals surface area contributed by atoms with Crippen molar-refractivity contribution in [2.24, 2.45) is 5.73 Å². The second-order valence-corrected chi connectivity index (χ2v) is 1.90. The van der Waals surface area contributed by atoms with Gasteiger partial charge in [-0.3, -0.25) is 0 Å². The van der Waals surface area contributed by atoms with Crippen LogP contribution in [0.1, 0.15) is 6.92 Å². The highest BCUT2D eigenvalue weighted by atomic mass is 14.5. The summed E-state index contributed by atoms with van der Waals surface area (Å²) in [7, 11) is 0. The lowest BCUT2D eigenvalue weighted by molar-refractivity contribution is 1.44. The van der Waals surface area contributed by atoms with Crippen LogP contribution in [-0.2, 0) is 0 Å². The van der Waals surface area contributed by atoms with Gasteiger partial charge in [0.25, 0.3) is 0 Å². The summed E-state index contributed by atoms with van der Waals surface area (Å²) >= 11 is 0. The first-order chi connectivity index (χ1) is 4.70. The minimum Gasteiger partial charge on any atom is -0.399 e. The Labute approximate surface area is 62.2 Å². The molecule has 0 amide bonds. The van der Waals surface area contributed by atoms with Crippen molar-refractivity contribution in [2.45, 2.75) is 6.92 Å². The summed E-state index contributed by atoms with van der Waals surface area (Å²) in [5.74, 6) is 0. The average molecular weight is 135 g/mol. The summed E-state index contributed by atoms with van der Waals surface area (Å²) < 4.78 is 0. The van der Waals surface area contributed by atoms with Crippen LogP contribution in [0.15, 0.2) is 48.7 Å². The van der Waals surface area contributed by atoms with Crippen LogP contribution in [0, 0.1) is 0 Å². The zero-order valence-electron chi connectivity index (χ0n) is 6.30. The topological polar surface area (TPSA) is 26.0 Å². The zero-order valence-corrected chi connectivity index (χ0v) is 6.30. The van der Waals surface area contributed by atoms with E-state index in [9.17, 15) is 0 Å². The predicted octanol–water partition coefficient (Wildman–Crippen LogP) is 2.15. The third-order valence-electron chi connectivity index (χ3n) is 1.06. The van der Waals surface area contributed by atoms with E-state index in [1.54, 1.807) is 12.2 Å². The van der Waals surface area contributed by atoms with Gasteiger partial charge in [-0.2, -0.15) is 0 Å². The number of hydrogen-bond donors (Lipinski definition) is 1. The molecule has 0 fully saturated rings. The highest BCUT2D eigenvalue weighted by Crippen LogP contribution is 1.97. The molecule has 0 aliphatic heterocycles. The Morgan fingerprint density at radius 1 is 1.40 bits per heavy atom. The molecule has 0 spiro atoms. The van der Waals surface area contributed by atoms with Crippen LogP contribution in [0.5, 0.6) is 0 Å². The fourth-order valence-corrected chi connectivity index (χ4v) is 0.485. The van der Waals surface area contributed by atoms with Crippen molar-refractivity contribution in [3.8, 4) is 0 Å². The van der Waals surface area contributed by atoms with Gasteiger partial charge in [-0.05, 0) is 18.6 Å². The minimum atomic E-state index is 0.557. The smallest absolute Gasteiger partial charge is 0.0241 e.